The van der Waals surface area contributed by atoms with Crippen molar-refractivity contribution < 1.29 is 13.2 Å². The number of nitrogens with one attached hydrogen (secondary N) is 1. The van der Waals surface area contributed by atoms with Crippen LogP contribution in [0.25, 0.3) is 0 Å². The van der Waals surface area contributed by atoms with Gasteiger partial charge in [-0.2, -0.15) is 13.2 Å². The zero-order valence-corrected chi connectivity index (χ0v) is 11.5. The lowest BCUT2D eigenvalue weighted by Crippen LogP contribution is -2.15. The summed E-state index contributed by atoms with van der Waals surface area (Å²) >= 11 is 1.21. The fourth-order valence-corrected chi connectivity index (χ4v) is 3.35. The van der Waals surface area contributed by atoms with E-state index in [-0.39, 0.29) is 17.9 Å². The van der Waals surface area contributed by atoms with Crippen molar-refractivity contribution in [1.82, 2.24) is 10.3 Å². The van der Waals surface area contributed by atoms with Crippen LogP contribution >= 0.6 is 11.3 Å². The number of hydrogen-bond donors (Lipinski definition) is 1. The minimum absolute atomic E-state index is 0.107. The molecule has 0 amide bonds. The van der Waals surface area contributed by atoms with E-state index in [1.165, 1.54) is 11.3 Å². The average molecular weight is 278 g/mol. The van der Waals surface area contributed by atoms with Crippen LogP contribution in [0.5, 0.6) is 0 Å². The van der Waals surface area contributed by atoms with Crippen LogP contribution in [0.15, 0.2) is 0 Å². The molecule has 1 aliphatic carbocycles. The summed E-state index contributed by atoms with van der Waals surface area (Å²) in [7, 11) is 0. The maximum Gasteiger partial charge on any atom is 0.434 e. The summed E-state index contributed by atoms with van der Waals surface area (Å²) in [6, 6.07) is 0. The first-order valence-corrected chi connectivity index (χ1v) is 6.85. The second-order valence-corrected chi connectivity index (χ2v) is 6.46. The molecule has 1 aromatic rings. The number of alkyl halides is 3. The van der Waals surface area contributed by atoms with E-state index in [0.29, 0.717) is 16.4 Å². The minimum Gasteiger partial charge on any atom is -0.312 e. The standard InChI is InChI=1S/C12H17F3N2S/c1-4-16-6-8-9(12(13,14)15)17-10(18-8)7-5-11(7,2)3/h7,16H,4-6H2,1-3H3. The van der Waals surface area contributed by atoms with Gasteiger partial charge < -0.3 is 5.32 Å². The fraction of sp³-hybridized carbons (Fsp3) is 0.750. The lowest BCUT2D eigenvalue weighted by molar-refractivity contribution is -0.141. The van der Waals surface area contributed by atoms with Crippen LogP contribution in [0.4, 0.5) is 13.2 Å². The predicted molar refractivity (Wildman–Crippen MR) is 65.6 cm³/mol. The highest BCUT2D eigenvalue weighted by atomic mass is 32.1. The predicted octanol–water partition coefficient (Wildman–Crippen LogP) is 3.78. The first-order valence-electron chi connectivity index (χ1n) is 6.03. The van der Waals surface area contributed by atoms with Crippen LogP contribution < -0.4 is 5.32 Å². The molecule has 1 aromatic heterocycles. The van der Waals surface area contributed by atoms with Crippen molar-refractivity contribution in [2.24, 2.45) is 5.41 Å². The van der Waals surface area contributed by atoms with E-state index in [9.17, 15) is 13.2 Å². The summed E-state index contributed by atoms with van der Waals surface area (Å²) < 4.78 is 38.6. The van der Waals surface area contributed by atoms with Crippen molar-refractivity contribution in [2.45, 2.75) is 45.8 Å². The van der Waals surface area contributed by atoms with Crippen LogP contribution in [0.2, 0.25) is 0 Å². The van der Waals surface area contributed by atoms with E-state index in [4.69, 9.17) is 0 Å². The zero-order chi connectivity index (χ0) is 13.6. The quantitative estimate of drug-likeness (QED) is 0.906. The van der Waals surface area contributed by atoms with Crippen LogP contribution in [-0.4, -0.2) is 11.5 Å². The Balaban J connectivity index is 2.27. The molecule has 1 unspecified atom stereocenters. The third kappa shape index (κ3) is 2.69. The molecule has 1 atom stereocenters. The Morgan fingerprint density at radius 2 is 2.06 bits per heavy atom. The Morgan fingerprint density at radius 3 is 2.50 bits per heavy atom. The molecular weight excluding hydrogens is 261 g/mol. The Kier molecular flexibility index (Phi) is 3.44. The van der Waals surface area contributed by atoms with Crippen molar-refractivity contribution in [3.05, 3.63) is 15.6 Å². The molecule has 0 aromatic carbocycles. The molecule has 0 spiro atoms. The molecule has 18 heavy (non-hydrogen) atoms. The van der Waals surface area contributed by atoms with Crippen molar-refractivity contribution in [1.29, 1.82) is 0 Å². The van der Waals surface area contributed by atoms with Crippen LogP contribution in [0.1, 0.15) is 48.7 Å². The van der Waals surface area contributed by atoms with Crippen LogP contribution in [0, 0.1) is 5.41 Å². The molecule has 1 N–H and O–H groups in total. The van der Waals surface area contributed by atoms with Gasteiger partial charge in [-0.3, -0.25) is 0 Å². The Morgan fingerprint density at radius 1 is 1.44 bits per heavy atom. The van der Waals surface area contributed by atoms with Crippen molar-refractivity contribution in [2.75, 3.05) is 6.54 Å². The monoisotopic (exact) mass is 278 g/mol. The molecule has 1 heterocycles. The van der Waals surface area contributed by atoms with E-state index < -0.39 is 11.9 Å². The van der Waals surface area contributed by atoms with Crippen molar-refractivity contribution in [3.8, 4) is 0 Å². The molecule has 0 radical (unpaired) electrons. The average Bonchev–Trinajstić information content (AvgIpc) is 2.73. The van der Waals surface area contributed by atoms with Gasteiger partial charge in [-0.05, 0) is 18.4 Å². The number of halogens is 3. The summed E-state index contributed by atoms with van der Waals surface area (Å²) in [5.74, 6) is 0.193. The third-order valence-electron chi connectivity index (χ3n) is 3.33. The molecule has 1 aliphatic rings. The molecule has 0 aliphatic heterocycles. The minimum atomic E-state index is -4.35. The SMILES string of the molecule is CCNCc1sc(C2CC2(C)C)nc1C(F)(F)F. The van der Waals surface area contributed by atoms with Crippen molar-refractivity contribution >= 4 is 11.3 Å². The molecule has 2 nitrogen and oxygen atoms in total. The first kappa shape index (κ1) is 13.8. The molecule has 6 heteroatoms. The largest absolute Gasteiger partial charge is 0.434 e. The highest BCUT2D eigenvalue weighted by Gasteiger charge is 2.50. The summed E-state index contributed by atoms with van der Waals surface area (Å²) in [4.78, 5) is 4.15. The molecule has 0 saturated heterocycles. The van der Waals surface area contributed by atoms with E-state index in [1.54, 1.807) is 0 Å². The number of hydrogen-bond acceptors (Lipinski definition) is 3. The molecular formula is C12H17F3N2S. The number of thiazole rings is 1. The lowest BCUT2D eigenvalue weighted by Gasteiger charge is -2.05. The Bertz CT molecular complexity index is 437. The van der Waals surface area contributed by atoms with Gasteiger partial charge in [-0.15, -0.1) is 11.3 Å². The highest BCUT2D eigenvalue weighted by Crippen LogP contribution is 2.59. The fourth-order valence-electron chi connectivity index (χ4n) is 1.99. The second-order valence-electron chi connectivity index (χ2n) is 5.35. The smallest absolute Gasteiger partial charge is 0.312 e. The maximum absolute atomic E-state index is 12.9. The second kappa shape index (κ2) is 4.49. The summed E-state index contributed by atoms with van der Waals surface area (Å²) in [6.45, 7) is 6.90. The Hall–Kier alpha value is -0.620. The van der Waals surface area contributed by atoms with E-state index >= 15 is 0 Å². The topological polar surface area (TPSA) is 24.9 Å². The highest BCUT2D eigenvalue weighted by molar-refractivity contribution is 7.11. The van der Waals surface area contributed by atoms with Crippen LogP contribution in [0.3, 0.4) is 0 Å². The number of rotatable bonds is 4. The van der Waals surface area contributed by atoms with Crippen molar-refractivity contribution in [3.63, 3.8) is 0 Å². The normalized spacial score (nSPS) is 22.2. The van der Waals surface area contributed by atoms with Gasteiger partial charge in [-0.25, -0.2) is 4.98 Å². The van der Waals surface area contributed by atoms with Gasteiger partial charge >= 0.3 is 6.18 Å². The zero-order valence-electron chi connectivity index (χ0n) is 10.7. The van der Waals surface area contributed by atoms with Crippen LogP contribution in [-0.2, 0) is 12.7 Å². The third-order valence-corrected chi connectivity index (χ3v) is 4.50. The van der Waals surface area contributed by atoms with Gasteiger partial charge in [0.25, 0.3) is 0 Å². The Labute approximate surface area is 109 Å². The van der Waals surface area contributed by atoms with E-state index in [0.717, 1.165) is 6.42 Å². The van der Waals surface area contributed by atoms with Gasteiger partial charge in [0, 0.05) is 12.5 Å². The van der Waals surface area contributed by atoms with Gasteiger partial charge in [0.05, 0.1) is 9.88 Å². The van der Waals surface area contributed by atoms with Gasteiger partial charge in [0.15, 0.2) is 5.69 Å². The lowest BCUT2D eigenvalue weighted by atomic mass is 10.1. The van der Waals surface area contributed by atoms with Gasteiger partial charge in [-0.1, -0.05) is 20.8 Å². The van der Waals surface area contributed by atoms with Gasteiger partial charge in [0.2, 0.25) is 0 Å². The van der Waals surface area contributed by atoms with E-state index in [2.05, 4.69) is 24.1 Å². The molecule has 102 valence electrons. The maximum atomic E-state index is 12.9. The molecule has 2 rings (SSSR count). The van der Waals surface area contributed by atoms with Gasteiger partial charge in [0.1, 0.15) is 0 Å². The number of aromatic nitrogens is 1. The number of nitrogens with zero attached hydrogens (tertiary/aromatic N) is 1. The summed E-state index contributed by atoms with van der Waals surface area (Å²) in [6.07, 6.45) is -3.42. The molecule has 1 fully saturated rings. The molecule has 1 saturated carbocycles. The van der Waals surface area contributed by atoms with E-state index in [1.807, 2.05) is 6.92 Å². The summed E-state index contributed by atoms with van der Waals surface area (Å²) in [5, 5.41) is 3.58. The molecule has 0 bridgehead atoms. The summed E-state index contributed by atoms with van der Waals surface area (Å²) in [5.41, 5.74) is -0.595. The first-order chi connectivity index (χ1) is 8.25.